The lowest BCUT2D eigenvalue weighted by Gasteiger charge is -2.23. The molecule has 1 aliphatic heterocycles. The van der Waals surface area contributed by atoms with Crippen molar-refractivity contribution in [3.05, 3.63) is 29.1 Å². The molecule has 0 radical (unpaired) electrons. The molecule has 1 saturated heterocycles. The molecule has 1 aromatic heterocycles. The second-order valence-electron chi connectivity index (χ2n) is 5.96. The monoisotopic (exact) mass is 349 g/mol. The van der Waals surface area contributed by atoms with Crippen molar-refractivity contribution in [3.8, 4) is 0 Å². The average molecular weight is 349 g/mol. The highest BCUT2D eigenvalue weighted by Crippen LogP contribution is 2.15. The molecule has 6 nitrogen and oxygen atoms in total. The van der Waals surface area contributed by atoms with Crippen LogP contribution in [0.3, 0.4) is 0 Å². The van der Waals surface area contributed by atoms with E-state index < -0.39 is 6.10 Å². The predicted molar refractivity (Wildman–Crippen MR) is 93.5 cm³/mol. The summed E-state index contributed by atoms with van der Waals surface area (Å²) in [5, 5.41) is 4.23. The molecule has 0 saturated carbocycles. The van der Waals surface area contributed by atoms with E-state index in [0.717, 1.165) is 40.9 Å². The highest BCUT2D eigenvalue weighted by molar-refractivity contribution is 7.16. The minimum absolute atomic E-state index is 0.103. The second kappa shape index (κ2) is 7.92. The normalized spacial score (nSPS) is 20.2. The summed E-state index contributed by atoms with van der Waals surface area (Å²) >= 11 is 1.53. The van der Waals surface area contributed by atoms with Gasteiger partial charge in [0.15, 0.2) is 0 Å². The van der Waals surface area contributed by atoms with E-state index in [4.69, 9.17) is 9.47 Å². The van der Waals surface area contributed by atoms with Crippen molar-refractivity contribution in [1.82, 2.24) is 9.99 Å². The van der Waals surface area contributed by atoms with Gasteiger partial charge in [-0.2, -0.15) is 0 Å². The second-order valence-corrected chi connectivity index (χ2v) is 6.97. The number of amides is 1. The van der Waals surface area contributed by atoms with Crippen LogP contribution >= 0.6 is 11.3 Å². The van der Waals surface area contributed by atoms with Gasteiger partial charge in [0.25, 0.3) is 5.91 Å². The van der Waals surface area contributed by atoms with E-state index in [9.17, 15) is 4.79 Å². The summed E-state index contributed by atoms with van der Waals surface area (Å²) < 4.78 is 14.3. The van der Waals surface area contributed by atoms with Crippen LogP contribution in [0.1, 0.15) is 26.2 Å². The van der Waals surface area contributed by atoms with Crippen molar-refractivity contribution in [2.45, 2.75) is 38.4 Å². The summed E-state index contributed by atoms with van der Waals surface area (Å²) in [5.74, 6) is -0.247. The molecule has 0 aliphatic carbocycles. The topological polar surface area (TPSA) is 64.8 Å². The number of fused-ring (bicyclic) bond motifs is 1. The van der Waals surface area contributed by atoms with Gasteiger partial charge in [0.2, 0.25) is 4.80 Å². The summed E-state index contributed by atoms with van der Waals surface area (Å²) in [6.45, 7) is 2.97. The average Bonchev–Trinajstić information content (AvgIpc) is 2.95. The Bertz CT molecular complexity index is 762. The standard InChI is InChI=1S/C17H23N3O3S/c1-12(23-11-13-7-5-6-10-22-13)16(21)18-19-17-20(2)14-8-3-4-9-15(14)24-17/h3-4,8-9,12-13H,5-7,10-11H2,1-2H3,(H,18,21)/t12-,13-/m1/s1. The highest BCUT2D eigenvalue weighted by Gasteiger charge is 2.18. The lowest BCUT2D eigenvalue weighted by atomic mass is 10.1. The van der Waals surface area contributed by atoms with Gasteiger partial charge >= 0.3 is 0 Å². The molecule has 24 heavy (non-hydrogen) atoms. The van der Waals surface area contributed by atoms with Gasteiger partial charge in [0.1, 0.15) is 6.10 Å². The zero-order valence-corrected chi connectivity index (χ0v) is 14.8. The van der Waals surface area contributed by atoms with Crippen LogP contribution in [0.5, 0.6) is 0 Å². The van der Waals surface area contributed by atoms with E-state index in [1.54, 1.807) is 6.92 Å². The number of carbonyl (C=O) groups is 1. The van der Waals surface area contributed by atoms with Gasteiger partial charge in [-0.1, -0.05) is 23.5 Å². The zero-order chi connectivity index (χ0) is 16.9. The van der Waals surface area contributed by atoms with Gasteiger partial charge in [-0.05, 0) is 38.3 Å². The summed E-state index contributed by atoms with van der Waals surface area (Å²) in [7, 11) is 1.93. The molecular formula is C17H23N3O3S. The third-order valence-electron chi connectivity index (χ3n) is 4.15. The van der Waals surface area contributed by atoms with Crippen molar-refractivity contribution in [2.24, 2.45) is 12.1 Å². The molecule has 1 N–H and O–H groups in total. The third-order valence-corrected chi connectivity index (χ3v) is 5.26. The molecule has 7 heteroatoms. The fourth-order valence-corrected chi connectivity index (χ4v) is 3.63. The van der Waals surface area contributed by atoms with Crippen molar-refractivity contribution in [3.63, 3.8) is 0 Å². The maximum atomic E-state index is 12.1. The molecule has 1 fully saturated rings. The number of rotatable bonds is 5. The predicted octanol–water partition coefficient (Wildman–Crippen LogP) is 2.15. The first-order valence-electron chi connectivity index (χ1n) is 8.26. The van der Waals surface area contributed by atoms with Crippen LogP contribution in [0.2, 0.25) is 0 Å². The molecule has 2 heterocycles. The van der Waals surface area contributed by atoms with Gasteiger partial charge in [-0.25, -0.2) is 5.43 Å². The Morgan fingerprint density at radius 2 is 2.33 bits per heavy atom. The summed E-state index contributed by atoms with van der Waals surface area (Å²) in [5.41, 5.74) is 3.69. The van der Waals surface area contributed by atoms with Crippen molar-refractivity contribution >= 4 is 27.5 Å². The van der Waals surface area contributed by atoms with Crippen LogP contribution in [-0.4, -0.2) is 35.9 Å². The summed E-state index contributed by atoms with van der Waals surface area (Å²) in [6, 6.07) is 8.05. The first-order chi connectivity index (χ1) is 11.6. The van der Waals surface area contributed by atoms with Crippen LogP contribution in [0, 0.1) is 0 Å². The zero-order valence-electron chi connectivity index (χ0n) is 14.0. The number of hydrogen-bond donors (Lipinski definition) is 1. The number of aryl methyl sites for hydroxylation is 1. The van der Waals surface area contributed by atoms with Crippen molar-refractivity contribution in [1.29, 1.82) is 0 Å². The van der Waals surface area contributed by atoms with Crippen molar-refractivity contribution in [2.75, 3.05) is 13.2 Å². The summed E-state index contributed by atoms with van der Waals surface area (Å²) in [6.07, 6.45) is 2.81. The maximum absolute atomic E-state index is 12.1. The number of carbonyl (C=O) groups excluding carboxylic acids is 1. The molecule has 3 rings (SSSR count). The minimum Gasteiger partial charge on any atom is -0.376 e. The fraction of sp³-hybridized carbons (Fsp3) is 0.529. The van der Waals surface area contributed by atoms with Crippen LogP contribution in [-0.2, 0) is 21.3 Å². The first kappa shape index (κ1) is 17.1. The molecular weight excluding hydrogens is 326 g/mol. The van der Waals surface area contributed by atoms with E-state index in [1.807, 2.05) is 35.9 Å². The molecule has 1 amide bonds. The van der Waals surface area contributed by atoms with Gasteiger partial charge in [-0.15, -0.1) is 5.10 Å². The maximum Gasteiger partial charge on any atom is 0.268 e. The van der Waals surface area contributed by atoms with Gasteiger partial charge in [0.05, 0.1) is 22.9 Å². The number of thiazole rings is 1. The fourth-order valence-electron chi connectivity index (χ4n) is 2.65. The number of ether oxygens (including phenoxy) is 2. The lowest BCUT2D eigenvalue weighted by molar-refractivity contribution is -0.135. The Balaban J connectivity index is 1.58. The molecule has 1 aliphatic rings. The molecule has 0 spiro atoms. The van der Waals surface area contributed by atoms with Crippen LogP contribution in [0.15, 0.2) is 29.4 Å². The van der Waals surface area contributed by atoms with E-state index in [-0.39, 0.29) is 12.0 Å². The number of aromatic nitrogens is 1. The highest BCUT2D eigenvalue weighted by atomic mass is 32.1. The Hall–Kier alpha value is -1.70. The summed E-state index contributed by atoms with van der Waals surface area (Å²) in [4.78, 5) is 12.9. The van der Waals surface area contributed by atoms with E-state index in [0.29, 0.717) is 6.61 Å². The SMILES string of the molecule is C[C@@H](OC[C@H]1CCCCO1)C(=O)NN=c1sc2ccccc2n1C. The Morgan fingerprint density at radius 3 is 3.08 bits per heavy atom. The number of hydrogen-bond acceptors (Lipinski definition) is 5. The molecule has 2 aromatic rings. The number of para-hydroxylation sites is 1. The number of benzene rings is 1. The Kier molecular flexibility index (Phi) is 5.65. The largest absolute Gasteiger partial charge is 0.376 e. The van der Waals surface area contributed by atoms with E-state index in [2.05, 4.69) is 10.5 Å². The quantitative estimate of drug-likeness (QED) is 0.841. The Morgan fingerprint density at radius 1 is 1.50 bits per heavy atom. The molecule has 0 unspecified atom stereocenters. The Labute approximate surface area is 145 Å². The molecule has 2 atom stereocenters. The third kappa shape index (κ3) is 4.03. The van der Waals surface area contributed by atoms with E-state index in [1.165, 1.54) is 11.3 Å². The van der Waals surface area contributed by atoms with Gasteiger partial charge in [-0.3, -0.25) is 4.79 Å². The number of nitrogens with zero attached hydrogens (tertiary/aromatic N) is 2. The molecule has 1 aromatic carbocycles. The minimum atomic E-state index is -0.557. The van der Waals surface area contributed by atoms with Gasteiger partial charge in [0, 0.05) is 13.7 Å². The lowest BCUT2D eigenvalue weighted by Crippen LogP contribution is -2.35. The van der Waals surface area contributed by atoms with Crippen LogP contribution in [0.25, 0.3) is 10.2 Å². The van der Waals surface area contributed by atoms with Crippen molar-refractivity contribution < 1.29 is 14.3 Å². The molecule has 0 bridgehead atoms. The molecule has 130 valence electrons. The smallest absolute Gasteiger partial charge is 0.268 e. The van der Waals surface area contributed by atoms with Gasteiger partial charge < -0.3 is 14.0 Å². The van der Waals surface area contributed by atoms with Crippen LogP contribution in [0.4, 0.5) is 0 Å². The van der Waals surface area contributed by atoms with Crippen LogP contribution < -0.4 is 10.2 Å². The van der Waals surface area contributed by atoms with E-state index >= 15 is 0 Å². The number of nitrogens with one attached hydrogen (secondary N) is 1. The first-order valence-corrected chi connectivity index (χ1v) is 9.08.